The number of rotatable bonds is 9. The lowest BCUT2D eigenvalue weighted by atomic mass is 10.1. The van der Waals surface area contributed by atoms with Gasteiger partial charge in [0.2, 0.25) is 0 Å². The second-order valence-electron chi connectivity index (χ2n) is 7.61. The summed E-state index contributed by atoms with van der Waals surface area (Å²) in [5.41, 5.74) is 2.88. The fourth-order valence-electron chi connectivity index (χ4n) is 3.53. The molecule has 0 radical (unpaired) electrons. The number of nitrogens with zero attached hydrogens (tertiary/aromatic N) is 1. The van der Waals surface area contributed by atoms with Crippen LogP contribution in [0, 0.1) is 0 Å². The number of benzene rings is 3. The van der Waals surface area contributed by atoms with Crippen molar-refractivity contribution in [1.29, 1.82) is 0 Å². The Hall–Kier alpha value is -3.03. The lowest BCUT2D eigenvalue weighted by Gasteiger charge is -2.15. The lowest BCUT2D eigenvalue weighted by Crippen LogP contribution is -2.30. The van der Waals surface area contributed by atoms with Crippen LogP contribution < -0.4 is 9.47 Å². The molecule has 0 atom stereocenters. The van der Waals surface area contributed by atoms with Crippen molar-refractivity contribution in [1.82, 2.24) is 4.90 Å². The van der Waals surface area contributed by atoms with Crippen molar-refractivity contribution >= 4 is 44.9 Å². The van der Waals surface area contributed by atoms with Gasteiger partial charge in [-0.1, -0.05) is 60.7 Å². The molecule has 174 valence electrons. The normalized spacial score (nSPS) is 14.6. The van der Waals surface area contributed by atoms with E-state index in [9.17, 15) is 9.59 Å². The topological polar surface area (TPSA) is 55.8 Å². The van der Waals surface area contributed by atoms with Crippen LogP contribution in [0.3, 0.4) is 0 Å². The summed E-state index contributed by atoms with van der Waals surface area (Å²) in [5, 5.41) is -0.251. The Labute approximate surface area is 211 Å². The average molecular weight is 538 g/mol. The van der Waals surface area contributed by atoms with Crippen LogP contribution in [0.25, 0.3) is 6.08 Å². The van der Waals surface area contributed by atoms with Crippen molar-refractivity contribution in [2.45, 2.75) is 20.0 Å². The third-order valence-corrected chi connectivity index (χ3v) is 6.69. The summed E-state index contributed by atoms with van der Waals surface area (Å²) >= 11 is 4.54. The van der Waals surface area contributed by atoms with E-state index in [0.717, 1.165) is 28.5 Å². The summed E-state index contributed by atoms with van der Waals surface area (Å²) in [6.45, 7) is 3.12. The highest BCUT2D eigenvalue weighted by Crippen LogP contribution is 2.39. The fraction of sp³-hybridized carbons (Fsp3) is 0.185. The first-order chi connectivity index (χ1) is 16.5. The molecule has 3 aromatic rings. The maximum Gasteiger partial charge on any atom is 0.293 e. The maximum atomic E-state index is 12.9. The van der Waals surface area contributed by atoms with Crippen LogP contribution in [0.2, 0.25) is 0 Å². The number of hydrogen-bond donors (Lipinski definition) is 0. The average Bonchev–Trinajstić information content (AvgIpc) is 3.10. The van der Waals surface area contributed by atoms with E-state index in [0.29, 0.717) is 47.1 Å². The van der Waals surface area contributed by atoms with Gasteiger partial charge in [-0.2, -0.15) is 0 Å². The number of carbonyl (C=O) groups is 2. The van der Waals surface area contributed by atoms with Crippen molar-refractivity contribution in [3.8, 4) is 11.5 Å². The number of thioether (sulfide) groups is 1. The molecule has 0 saturated carbocycles. The Morgan fingerprint density at radius 2 is 1.62 bits per heavy atom. The van der Waals surface area contributed by atoms with Gasteiger partial charge in [0.15, 0.2) is 11.5 Å². The molecule has 5 nitrogen and oxygen atoms in total. The summed E-state index contributed by atoms with van der Waals surface area (Å²) in [6, 6.07) is 23.4. The molecule has 0 aromatic heterocycles. The van der Waals surface area contributed by atoms with Crippen LogP contribution in [-0.4, -0.2) is 29.2 Å². The van der Waals surface area contributed by atoms with E-state index in [1.807, 2.05) is 79.7 Å². The second-order valence-corrected chi connectivity index (χ2v) is 9.45. The van der Waals surface area contributed by atoms with Crippen LogP contribution in [0.15, 0.2) is 82.2 Å². The van der Waals surface area contributed by atoms with Gasteiger partial charge in [0, 0.05) is 6.54 Å². The zero-order valence-electron chi connectivity index (χ0n) is 18.7. The SMILES string of the molecule is CCOc1cc(/C=C2\SC(=O)N(CCc3ccccc3)C2=O)cc(Br)c1OCc1ccccc1. The molecule has 7 heteroatoms. The molecule has 4 rings (SSSR count). The molecular weight excluding hydrogens is 514 g/mol. The first-order valence-corrected chi connectivity index (χ1v) is 12.6. The Morgan fingerprint density at radius 3 is 2.29 bits per heavy atom. The van der Waals surface area contributed by atoms with Crippen LogP contribution in [-0.2, 0) is 17.8 Å². The van der Waals surface area contributed by atoms with E-state index < -0.39 is 0 Å². The van der Waals surface area contributed by atoms with Crippen molar-refractivity contribution in [3.63, 3.8) is 0 Å². The van der Waals surface area contributed by atoms with Gasteiger partial charge in [-0.25, -0.2) is 0 Å². The van der Waals surface area contributed by atoms with Crippen molar-refractivity contribution in [2.24, 2.45) is 0 Å². The summed E-state index contributed by atoms with van der Waals surface area (Å²) in [5.74, 6) is 0.894. The van der Waals surface area contributed by atoms with Gasteiger partial charge in [-0.05, 0) is 75.9 Å². The third-order valence-electron chi connectivity index (χ3n) is 5.20. The molecule has 1 aliphatic heterocycles. The van der Waals surface area contributed by atoms with Gasteiger partial charge in [-0.3, -0.25) is 14.5 Å². The minimum absolute atomic E-state index is 0.251. The van der Waals surface area contributed by atoms with E-state index in [4.69, 9.17) is 9.47 Å². The fourth-order valence-corrected chi connectivity index (χ4v) is 4.97. The van der Waals surface area contributed by atoms with Gasteiger partial charge >= 0.3 is 0 Å². The molecular formula is C27H24BrNO4S. The molecule has 0 spiro atoms. The highest BCUT2D eigenvalue weighted by Gasteiger charge is 2.34. The summed E-state index contributed by atoms with van der Waals surface area (Å²) in [4.78, 5) is 27.1. The standard InChI is InChI=1S/C27H24BrNO4S/c1-2-32-23-16-21(15-22(28)25(23)33-18-20-11-7-4-8-12-20)17-24-26(30)29(27(31)34-24)14-13-19-9-5-3-6-10-19/h3-12,15-17H,2,13-14,18H2,1H3/b24-17-. The van der Waals surface area contributed by atoms with E-state index in [-0.39, 0.29) is 11.1 Å². The van der Waals surface area contributed by atoms with Crippen LogP contribution in [0.5, 0.6) is 11.5 Å². The van der Waals surface area contributed by atoms with Crippen LogP contribution >= 0.6 is 27.7 Å². The number of amides is 2. The molecule has 3 aromatic carbocycles. The molecule has 1 heterocycles. The van der Waals surface area contributed by atoms with E-state index >= 15 is 0 Å². The Morgan fingerprint density at radius 1 is 0.941 bits per heavy atom. The van der Waals surface area contributed by atoms with Crippen LogP contribution in [0.1, 0.15) is 23.6 Å². The molecule has 0 N–H and O–H groups in total. The zero-order valence-corrected chi connectivity index (χ0v) is 21.1. The monoisotopic (exact) mass is 537 g/mol. The van der Waals surface area contributed by atoms with Gasteiger partial charge in [0.05, 0.1) is 16.0 Å². The molecule has 1 saturated heterocycles. The summed E-state index contributed by atoms with van der Waals surface area (Å²) in [6.07, 6.45) is 2.35. The minimum atomic E-state index is -0.274. The first-order valence-electron chi connectivity index (χ1n) is 11.0. The van der Waals surface area contributed by atoms with E-state index in [1.54, 1.807) is 6.08 Å². The molecule has 0 unspecified atom stereocenters. The number of imide groups is 1. The molecule has 0 bridgehead atoms. The van der Waals surface area contributed by atoms with Gasteiger partial charge in [0.25, 0.3) is 11.1 Å². The van der Waals surface area contributed by atoms with E-state index in [2.05, 4.69) is 15.9 Å². The van der Waals surface area contributed by atoms with Crippen molar-refractivity contribution in [2.75, 3.05) is 13.2 Å². The summed E-state index contributed by atoms with van der Waals surface area (Å²) < 4.78 is 12.6. The van der Waals surface area contributed by atoms with Crippen LogP contribution in [0.4, 0.5) is 4.79 Å². The minimum Gasteiger partial charge on any atom is -0.490 e. The highest BCUT2D eigenvalue weighted by molar-refractivity contribution is 9.10. The number of halogens is 1. The second kappa shape index (κ2) is 11.4. The largest absolute Gasteiger partial charge is 0.490 e. The molecule has 1 fully saturated rings. The van der Waals surface area contributed by atoms with Gasteiger partial charge in [0.1, 0.15) is 6.61 Å². The predicted octanol–water partition coefficient (Wildman–Crippen LogP) is 6.71. The van der Waals surface area contributed by atoms with Crippen molar-refractivity contribution in [3.05, 3.63) is 98.9 Å². The number of hydrogen-bond acceptors (Lipinski definition) is 5. The predicted molar refractivity (Wildman–Crippen MR) is 139 cm³/mol. The maximum absolute atomic E-state index is 12.9. The Bertz CT molecular complexity index is 1200. The quantitative estimate of drug-likeness (QED) is 0.284. The molecule has 2 amide bonds. The zero-order chi connectivity index (χ0) is 23.9. The van der Waals surface area contributed by atoms with Gasteiger partial charge < -0.3 is 9.47 Å². The number of ether oxygens (including phenoxy) is 2. The number of carbonyl (C=O) groups excluding carboxylic acids is 2. The Kier molecular flexibility index (Phi) is 8.08. The van der Waals surface area contributed by atoms with Gasteiger partial charge in [-0.15, -0.1) is 0 Å². The molecule has 34 heavy (non-hydrogen) atoms. The summed E-state index contributed by atoms with van der Waals surface area (Å²) in [7, 11) is 0. The molecule has 0 aliphatic carbocycles. The molecule has 1 aliphatic rings. The highest BCUT2D eigenvalue weighted by atomic mass is 79.9. The first kappa shape index (κ1) is 24.1. The smallest absolute Gasteiger partial charge is 0.293 e. The third kappa shape index (κ3) is 5.90. The van der Waals surface area contributed by atoms with Crippen molar-refractivity contribution < 1.29 is 19.1 Å². The van der Waals surface area contributed by atoms with E-state index in [1.165, 1.54) is 4.90 Å². The Balaban J connectivity index is 1.51. The lowest BCUT2D eigenvalue weighted by molar-refractivity contribution is -0.122.